The number of piperazine rings is 1. The molecule has 1 aliphatic heterocycles. The molecule has 0 aromatic carbocycles. The monoisotopic (exact) mass is 287 g/mol. The van der Waals surface area contributed by atoms with E-state index in [-0.39, 0.29) is 11.9 Å². The lowest BCUT2D eigenvalue weighted by Gasteiger charge is -2.35. The van der Waals surface area contributed by atoms with E-state index in [0.29, 0.717) is 12.1 Å². The summed E-state index contributed by atoms with van der Waals surface area (Å²) in [7, 11) is 0. The molecular weight excluding hydrogens is 266 g/mol. The van der Waals surface area contributed by atoms with Gasteiger partial charge in [0.05, 0.1) is 24.0 Å². The number of pyridine rings is 1. The largest absolute Gasteiger partial charge is 0.367 e. The third-order valence-electron chi connectivity index (χ3n) is 3.45. The SMILES string of the molecule is CC(C)NC(=O)CN1CCN(c2cnccc2C#N)CC1. The van der Waals surface area contributed by atoms with E-state index in [1.54, 1.807) is 18.5 Å². The molecule has 112 valence electrons. The van der Waals surface area contributed by atoms with Crippen LogP contribution in [0.15, 0.2) is 18.5 Å². The molecule has 0 atom stereocenters. The summed E-state index contributed by atoms with van der Waals surface area (Å²) in [4.78, 5) is 20.1. The number of anilines is 1. The molecule has 6 nitrogen and oxygen atoms in total. The fraction of sp³-hybridized carbons (Fsp3) is 0.533. The van der Waals surface area contributed by atoms with E-state index >= 15 is 0 Å². The quantitative estimate of drug-likeness (QED) is 0.878. The van der Waals surface area contributed by atoms with Gasteiger partial charge in [0.1, 0.15) is 6.07 Å². The van der Waals surface area contributed by atoms with E-state index < -0.39 is 0 Å². The summed E-state index contributed by atoms with van der Waals surface area (Å²) in [6.45, 7) is 7.58. The van der Waals surface area contributed by atoms with Crippen LogP contribution in [0.3, 0.4) is 0 Å². The summed E-state index contributed by atoms with van der Waals surface area (Å²) in [5.41, 5.74) is 1.53. The van der Waals surface area contributed by atoms with Crippen LogP contribution in [0.4, 0.5) is 5.69 Å². The van der Waals surface area contributed by atoms with Gasteiger partial charge in [-0.25, -0.2) is 0 Å². The Morgan fingerprint density at radius 1 is 1.43 bits per heavy atom. The van der Waals surface area contributed by atoms with Crippen LogP contribution < -0.4 is 10.2 Å². The number of aromatic nitrogens is 1. The van der Waals surface area contributed by atoms with Gasteiger partial charge in [0.25, 0.3) is 0 Å². The topological polar surface area (TPSA) is 72.3 Å². The van der Waals surface area contributed by atoms with E-state index in [4.69, 9.17) is 5.26 Å². The molecule has 2 rings (SSSR count). The van der Waals surface area contributed by atoms with E-state index in [2.05, 4.69) is 26.2 Å². The van der Waals surface area contributed by atoms with Gasteiger partial charge in [-0.1, -0.05) is 0 Å². The number of hydrogen-bond acceptors (Lipinski definition) is 5. The number of nitriles is 1. The van der Waals surface area contributed by atoms with Gasteiger partial charge in [0.15, 0.2) is 0 Å². The van der Waals surface area contributed by atoms with Crippen molar-refractivity contribution in [1.82, 2.24) is 15.2 Å². The van der Waals surface area contributed by atoms with Crippen LogP contribution in [0.25, 0.3) is 0 Å². The van der Waals surface area contributed by atoms with Crippen LogP contribution in [-0.4, -0.2) is 54.6 Å². The number of amides is 1. The predicted octanol–water partition coefficient (Wildman–Crippen LogP) is 0.600. The average molecular weight is 287 g/mol. The Bertz CT molecular complexity index is 529. The van der Waals surface area contributed by atoms with Crippen molar-refractivity contribution in [2.75, 3.05) is 37.6 Å². The first kappa shape index (κ1) is 15.3. The molecule has 2 heterocycles. The Morgan fingerprint density at radius 2 is 2.14 bits per heavy atom. The maximum atomic E-state index is 11.8. The first-order valence-electron chi connectivity index (χ1n) is 7.21. The minimum absolute atomic E-state index is 0.0672. The third kappa shape index (κ3) is 4.17. The molecule has 0 spiro atoms. The molecule has 0 bridgehead atoms. The Balaban J connectivity index is 1.89. The van der Waals surface area contributed by atoms with Gasteiger partial charge in [-0.15, -0.1) is 0 Å². The second-order valence-electron chi connectivity index (χ2n) is 5.49. The minimum atomic E-state index is 0.0672. The fourth-order valence-electron chi connectivity index (χ4n) is 2.45. The van der Waals surface area contributed by atoms with Crippen molar-refractivity contribution < 1.29 is 4.79 Å². The second kappa shape index (κ2) is 7.04. The van der Waals surface area contributed by atoms with Crippen LogP contribution in [0.2, 0.25) is 0 Å². The van der Waals surface area contributed by atoms with Crippen LogP contribution in [-0.2, 0) is 4.79 Å². The van der Waals surface area contributed by atoms with Gasteiger partial charge in [0.2, 0.25) is 5.91 Å². The lowest BCUT2D eigenvalue weighted by atomic mass is 10.2. The number of carbonyl (C=O) groups is 1. The summed E-state index contributed by atoms with van der Waals surface area (Å²) in [6, 6.07) is 4.11. The van der Waals surface area contributed by atoms with Crippen molar-refractivity contribution in [3.05, 3.63) is 24.0 Å². The predicted molar refractivity (Wildman–Crippen MR) is 80.9 cm³/mol. The summed E-state index contributed by atoms with van der Waals surface area (Å²) < 4.78 is 0. The van der Waals surface area contributed by atoms with Crippen molar-refractivity contribution in [3.63, 3.8) is 0 Å². The second-order valence-corrected chi connectivity index (χ2v) is 5.49. The van der Waals surface area contributed by atoms with Crippen molar-refractivity contribution in [2.24, 2.45) is 0 Å². The molecule has 0 unspecified atom stereocenters. The molecule has 0 aliphatic carbocycles. The lowest BCUT2D eigenvalue weighted by molar-refractivity contribution is -0.122. The van der Waals surface area contributed by atoms with Crippen LogP contribution in [0, 0.1) is 11.3 Å². The van der Waals surface area contributed by atoms with Crippen molar-refractivity contribution >= 4 is 11.6 Å². The Hall–Kier alpha value is -2.13. The van der Waals surface area contributed by atoms with Gasteiger partial charge in [-0.2, -0.15) is 5.26 Å². The zero-order chi connectivity index (χ0) is 15.2. The fourth-order valence-corrected chi connectivity index (χ4v) is 2.45. The maximum Gasteiger partial charge on any atom is 0.234 e. The molecule has 0 saturated carbocycles. The standard InChI is InChI=1S/C15H21N5O/c1-12(2)18-15(21)11-19-5-7-20(8-6-19)14-10-17-4-3-13(14)9-16/h3-4,10,12H,5-8,11H2,1-2H3,(H,18,21). The summed E-state index contributed by atoms with van der Waals surface area (Å²) in [6.07, 6.45) is 3.37. The van der Waals surface area contributed by atoms with E-state index in [9.17, 15) is 4.79 Å². The highest BCUT2D eigenvalue weighted by atomic mass is 16.2. The van der Waals surface area contributed by atoms with Crippen LogP contribution >= 0.6 is 0 Å². The number of rotatable bonds is 4. The van der Waals surface area contributed by atoms with Gasteiger partial charge >= 0.3 is 0 Å². The molecule has 0 radical (unpaired) electrons. The van der Waals surface area contributed by atoms with E-state index in [1.807, 2.05) is 13.8 Å². The van der Waals surface area contributed by atoms with Crippen LogP contribution in [0.5, 0.6) is 0 Å². The summed E-state index contributed by atoms with van der Waals surface area (Å²) in [5, 5.41) is 12.0. The molecular formula is C15H21N5O. The Kier molecular flexibility index (Phi) is 5.12. The first-order chi connectivity index (χ1) is 10.1. The molecule has 1 aromatic heterocycles. The van der Waals surface area contributed by atoms with Crippen LogP contribution in [0.1, 0.15) is 19.4 Å². The van der Waals surface area contributed by atoms with Crippen molar-refractivity contribution in [1.29, 1.82) is 5.26 Å². The minimum Gasteiger partial charge on any atom is -0.367 e. The Labute approximate surface area is 125 Å². The number of nitrogens with one attached hydrogen (secondary N) is 1. The number of carbonyl (C=O) groups excluding carboxylic acids is 1. The highest BCUT2D eigenvalue weighted by Crippen LogP contribution is 2.19. The first-order valence-corrected chi connectivity index (χ1v) is 7.21. The van der Waals surface area contributed by atoms with Gasteiger partial charge in [0, 0.05) is 38.4 Å². The van der Waals surface area contributed by atoms with Crippen molar-refractivity contribution in [2.45, 2.75) is 19.9 Å². The van der Waals surface area contributed by atoms with Gasteiger partial charge in [-0.05, 0) is 19.9 Å². The molecule has 1 amide bonds. The van der Waals surface area contributed by atoms with E-state index in [0.717, 1.165) is 31.9 Å². The highest BCUT2D eigenvalue weighted by Gasteiger charge is 2.21. The Morgan fingerprint density at radius 3 is 2.76 bits per heavy atom. The molecule has 6 heteroatoms. The average Bonchev–Trinajstić information content (AvgIpc) is 2.47. The number of hydrogen-bond donors (Lipinski definition) is 1. The molecule has 1 fully saturated rings. The zero-order valence-corrected chi connectivity index (χ0v) is 12.5. The summed E-state index contributed by atoms with van der Waals surface area (Å²) in [5.74, 6) is 0.0672. The molecule has 1 aromatic rings. The molecule has 1 aliphatic rings. The normalized spacial score (nSPS) is 15.8. The van der Waals surface area contributed by atoms with Crippen molar-refractivity contribution in [3.8, 4) is 6.07 Å². The van der Waals surface area contributed by atoms with Gasteiger partial charge < -0.3 is 10.2 Å². The van der Waals surface area contributed by atoms with Gasteiger partial charge in [-0.3, -0.25) is 14.7 Å². The smallest absolute Gasteiger partial charge is 0.234 e. The summed E-state index contributed by atoms with van der Waals surface area (Å²) >= 11 is 0. The zero-order valence-electron chi connectivity index (χ0n) is 12.5. The van der Waals surface area contributed by atoms with E-state index in [1.165, 1.54) is 0 Å². The molecule has 1 saturated heterocycles. The maximum absolute atomic E-state index is 11.8. The molecule has 1 N–H and O–H groups in total. The molecule has 21 heavy (non-hydrogen) atoms. The number of nitrogens with zero attached hydrogens (tertiary/aromatic N) is 4. The third-order valence-corrected chi connectivity index (χ3v) is 3.45. The lowest BCUT2D eigenvalue weighted by Crippen LogP contribution is -2.50. The highest BCUT2D eigenvalue weighted by molar-refractivity contribution is 5.78.